The largest absolute Gasteiger partial charge is 0.478 e. The number of nitrogens with zero attached hydrogens (tertiary/aromatic N) is 2. The molecule has 0 spiro atoms. The molecule has 5 rings (SSSR count). The van der Waals surface area contributed by atoms with E-state index >= 15 is 0 Å². The van der Waals surface area contributed by atoms with Gasteiger partial charge in [0.15, 0.2) is 4.11 Å². The summed E-state index contributed by atoms with van der Waals surface area (Å²) in [6.07, 6.45) is 0.516. The van der Waals surface area contributed by atoms with Crippen LogP contribution in [0.15, 0.2) is 41.9 Å². The molecule has 8 heteroatoms. The number of amides is 1. The van der Waals surface area contributed by atoms with Crippen LogP contribution in [0, 0.1) is 5.92 Å². The Hall–Kier alpha value is -1.91. The maximum atomic E-state index is 11.6. The van der Waals surface area contributed by atoms with Gasteiger partial charge in [-0.3, -0.25) is 4.79 Å². The summed E-state index contributed by atoms with van der Waals surface area (Å²) in [5.41, 5.74) is 6.23. The van der Waals surface area contributed by atoms with Crippen LogP contribution in [-0.2, 0) is 9.53 Å². The number of carbonyl (C=O) groups is 1. The molecular formula is C22H22IN3O3S. The third-order valence-electron chi connectivity index (χ3n) is 5.59. The topological polar surface area (TPSA) is 63.7 Å². The van der Waals surface area contributed by atoms with Crippen molar-refractivity contribution in [3.05, 3.63) is 41.9 Å². The summed E-state index contributed by atoms with van der Waals surface area (Å²) in [5, 5.41) is 2.89. The molecule has 1 aromatic heterocycles. The molecule has 156 valence electrons. The van der Waals surface area contributed by atoms with Crippen molar-refractivity contribution < 1.29 is 14.3 Å². The van der Waals surface area contributed by atoms with Crippen molar-refractivity contribution in [1.29, 1.82) is 0 Å². The Kier molecular flexibility index (Phi) is 5.79. The number of thiazole rings is 1. The molecule has 2 aromatic carbocycles. The first-order valence-electron chi connectivity index (χ1n) is 10.1. The molecule has 0 unspecified atom stereocenters. The second-order valence-corrected chi connectivity index (χ2v) is 9.64. The van der Waals surface area contributed by atoms with Gasteiger partial charge in [0, 0.05) is 37.7 Å². The highest BCUT2D eigenvalue weighted by Crippen LogP contribution is 2.37. The molecular weight excluding hydrogens is 513 g/mol. The van der Waals surface area contributed by atoms with Crippen LogP contribution in [0.25, 0.3) is 21.3 Å². The van der Waals surface area contributed by atoms with Crippen LogP contribution in [0.4, 0.5) is 5.69 Å². The summed E-state index contributed by atoms with van der Waals surface area (Å²) < 4.78 is 12.8. The number of halogens is 1. The Morgan fingerprint density at radius 1 is 1.20 bits per heavy atom. The number of hydrogen-bond acceptors (Lipinski definition) is 6. The van der Waals surface area contributed by atoms with E-state index in [2.05, 4.69) is 74.2 Å². The highest BCUT2D eigenvalue weighted by Gasteiger charge is 2.29. The zero-order chi connectivity index (χ0) is 20.5. The predicted octanol–water partition coefficient (Wildman–Crippen LogP) is 4.08. The fourth-order valence-electron chi connectivity index (χ4n) is 3.91. The van der Waals surface area contributed by atoms with E-state index in [0.717, 1.165) is 53.4 Å². The number of alkyl halides is 1. The van der Waals surface area contributed by atoms with E-state index in [1.807, 2.05) is 5.51 Å². The van der Waals surface area contributed by atoms with Gasteiger partial charge in [-0.1, -0.05) is 12.1 Å². The SMILES string of the molecule is O=C1C[C@H]([C@H](I)Oc2cc(-c3ccc(N4CCOCC4)cc3)cc3ncsc23)CN1. The number of rotatable bonds is 5. The number of anilines is 1. The molecule has 3 aromatic rings. The molecule has 0 aliphatic carbocycles. The van der Waals surface area contributed by atoms with Crippen molar-refractivity contribution in [2.45, 2.75) is 10.5 Å². The highest BCUT2D eigenvalue weighted by molar-refractivity contribution is 14.1. The van der Waals surface area contributed by atoms with E-state index in [0.29, 0.717) is 13.0 Å². The van der Waals surface area contributed by atoms with Gasteiger partial charge in [0.25, 0.3) is 0 Å². The number of benzene rings is 2. The third kappa shape index (κ3) is 4.13. The first-order valence-corrected chi connectivity index (χ1v) is 12.2. The smallest absolute Gasteiger partial charge is 0.220 e. The van der Waals surface area contributed by atoms with Gasteiger partial charge in [0.1, 0.15) is 5.75 Å². The quantitative estimate of drug-likeness (QED) is 0.394. The maximum Gasteiger partial charge on any atom is 0.220 e. The number of carbonyl (C=O) groups excluding carboxylic acids is 1. The lowest BCUT2D eigenvalue weighted by Gasteiger charge is -2.29. The van der Waals surface area contributed by atoms with Crippen molar-refractivity contribution in [3.8, 4) is 16.9 Å². The van der Waals surface area contributed by atoms with Gasteiger partial charge in [0.05, 0.1) is 28.9 Å². The lowest BCUT2D eigenvalue weighted by Crippen LogP contribution is -2.36. The molecule has 0 radical (unpaired) electrons. The van der Waals surface area contributed by atoms with Gasteiger partial charge in [-0.05, 0) is 58.0 Å². The van der Waals surface area contributed by atoms with Crippen molar-refractivity contribution in [2.75, 3.05) is 37.7 Å². The van der Waals surface area contributed by atoms with Gasteiger partial charge in [-0.25, -0.2) is 4.98 Å². The molecule has 30 heavy (non-hydrogen) atoms. The summed E-state index contributed by atoms with van der Waals surface area (Å²) in [7, 11) is 0. The molecule has 0 saturated carbocycles. The Labute approximate surface area is 192 Å². The van der Waals surface area contributed by atoms with Gasteiger partial charge in [-0.2, -0.15) is 0 Å². The van der Waals surface area contributed by atoms with Crippen LogP contribution in [0.2, 0.25) is 0 Å². The molecule has 2 fully saturated rings. The minimum atomic E-state index is -0.0780. The number of ether oxygens (including phenoxy) is 2. The fraction of sp³-hybridized carbons (Fsp3) is 0.364. The zero-order valence-electron chi connectivity index (χ0n) is 16.3. The fourth-order valence-corrected chi connectivity index (χ4v) is 5.42. The predicted molar refractivity (Wildman–Crippen MR) is 128 cm³/mol. The summed E-state index contributed by atoms with van der Waals surface area (Å²) in [5.74, 6) is 1.11. The molecule has 0 bridgehead atoms. The molecule has 1 N–H and O–H groups in total. The normalized spacial score (nSPS) is 20.4. The second kappa shape index (κ2) is 8.68. The number of nitrogens with one attached hydrogen (secondary N) is 1. The van der Waals surface area contributed by atoms with E-state index in [1.165, 1.54) is 5.69 Å². The van der Waals surface area contributed by atoms with E-state index in [9.17, 15) is 4.79 Å². The number of morpholine rings is 1. The Morgan fingerprint density at radius 2 is 2.00 bits per heavy atom. The summed E-state index contributed by atoms with van der Waals surface area (Å²) in [4.78, 5) is 18.4. The molecule has 2 saturated heterocycles. The van der Waals surface area contributed by atoms with Crippen LogP contribution in [-0.4, -0.2) is 47.8 Å². The van der Waals surface area contributed by atoms with Crippen LogP contribution in [0.3, 0.4) is 0 Å². The van der Waals surface area contributed by atoms with E-state index in [1.54, 1.807) is 11.3 Å². The van der Waals surface area contributed by atoms with Gasteiger partial charge in [0.2, 0.25) is 5.91 Å². The van der Waals surface area contributed by atoms with Crippen LogP contribution in [0.1, 0.15) is 6.42 Å². The minimum Gasteiger partial charge on any atom is -0.478 e. The Morgan fingerprint density at radius 3 is 2.73 bits per heavy atom. The van der Waals surface area contributed by atoms with Crippen molar-refractivity contribution in [3.63, 3.8) is 0 Å². The lowest BCUT2D eigenvalue weighted by atomic mass is 10.0. The molecule has 6 nitrogen and oxygen atoms in total. The van der Waals surface area contributed by atoms with Crippen molar-refractivity contribution in [2.24, 2.45) is 5.92 Å². The first-order chi connectivity index (χ1) is 14.7. The van der Waals surface area contributed by atoms with Crippen molar-refractivity contribution >= 4 is 55.7 Å². The first kappa shape index (κ1) is 20.0. The maximum absolute atomic E-state index is 11.6. The van der Waals surface area contributed by atoms with E-state index < -0.39 is 0 Å². The van der Waals surface area contributed by atoms with Gasteiger partial charge >= 0.3 is 0 Å². The lowest BCUT2D eigenvalue weighted by molar-refractivity contribution is -0.119. The Balaban J connectivity index is 1.41. The highest BCUT2D eigenvalue weighted by atomic mass is 127. The Bertz CT molecular complexity index is 1050. The van der Waals surface area contributed by atoms with E-state index in [4.69, 9.17) is 9.47 Å². The number of fused-ring (bicyclic) bond motifs is 1. The van der Waals surface area contributed by atoms with Gasteiger partial charge in [-0.15, -0.1) is 11.3 Å². The third-order valence-corrected chi connectivity index (χ3v) is 7.72. The summed E-state index contributed by atoms with van der Waals surface area (Å²) in [6, 6.07) is 12.9. The molecule has 1 amide bonds. The number of aromatic nitrogens is 1. The summed E-state index contributed by atoms with van der Waals surface area (Å²) in [6.45, 7) is 4.08. The molecule has 2 aliphatic rings. The van der Waals surface area contributed by atoms with Crippen LogP contribution < -0.4 is 15.0 Å². The average molecular weight is 535 g/mol. The van der Waals surface area contributed by atoms with Crippen LogP contribution >= 0.6 is 33.9 Å². The average Bonchev–Trinajstić information content (AvgIpc) is 3.43. The van der Waals surface area contributed by atoms with Gasteiger partial charge < -0.3 is 19.7 Å². The molecule has 2 aliphatic heterocycles. The van der Waals surface area contributed by atoms with Crippen LogP contribution in [0.5, 0.6) is 5.75 Å². The minimum absolute atomic E-state index is 0.0780. The number of hydrogen-bond donors (Lipinski definition) is 1. The zero-order valence-corrected chi connectivity index (χ0v) is 19.3. The van der Waals surface area contributed by atoms with E-state index in [-0.39, 0.29) is 15.9 Å². The monoisotopic (exact) mass is 535 g/mol. The molecule has 3 heterocycles. The van der Waals surface area contributed by atoms with Crippen molar-refractivity contribution in [1.82, 2.24) is 10.3 Å². The summed E-state index contributed by atoms with van der Waals surface area (Å²) >= 11 is 3.88. The standard InChI is InChI=1S/C22H22IN3O3S/c23-22(16-11-20(27)24-12-16)29-19-10-15(9-18-21(19)30-13-25-18)14-1-3-17(4-2-14)26-5-7-28-8-6-26/h1-4,9-10,13,16,22H,5-8,11-12H2,(H,24,27)/t16-,22+/m0/s1. The second-order valence-electron chi connectivity index (χ2n) is 7.56. The molecule has 2 atom stereocenters.